The fourth-order valence-corrected chi connectivity index (χ4v) is 1.45. The van der Waals surface area contributed by atoms with Gasteiger partial charge in [-0.15, -0.1) is 0 Å². The Kier molecular flexibility index (Phi) is 6.81. The SMILES string of the molecule is CC(=O)OC/C=C/[C@H](C)COCc1ccccc1. The van der Waals surface area contributed by atoms with Gasteiger partial charge in [0, 0.05) is 6.92 Å². The van der Waals surface area contributed by atoms with Crippen molar-refractivity contribution < 1.29 is 14.3 Å². The maximum absolute atomic E-state index is 10.5. The molecule has 0 bridgehead atoms. The molecule has 0 fully saturated rings. The first-order valence-electron chi connectivity index (χ1n) is 6.10. The van der Waals surface area contributed by atoms with E-state index in [1.54, 1.807) is 0 Å². The summed E-state index contributed by atoms with van der Waals surface area (Å²) in [4.78, 5) is 10.5. The van der Waals surface area contributed by atoms with Crippen molar-refractivity contribution in [2.45, 2.75) is 20.5 Å². The standard InChI is InChI=1S/C15H20O3/c1-13(7-6-10-18-14(2)16)11-17-12-15-8-4-3-5-9-15/h3-9,13H,10-12H2,1-2H3/b7-6+/t13-/m0/s1. The zero-order valence-electron chi connectivity index (χ0n) is 11.0. The number of esters is 1. The van der Waals surface area contributed by atoms with E-state index in [1.807, 2.05) is 42.5 Å². The summed E-state index contributed by atoms with van der Waals surface area (Å²) in [7, 11) is 0. The molecule has 1 aromatic carbocycles. The molecule has 1 rings (SSSR count). The molecule has 0 aliphatic rings. The van der Waals surface area contributed by atoms with Gasteiger partial charge in [-0.05, 0) is 11.5 Å². The summed E-state index contributed by atoms with van der Waals surface area (Å²) < 4.78 is 10.4. The van der Waals surface area contributed by atoms with Crippen molar-refractivity contribution >= 4 is 5.97 Å². The van der Waals surface area contributed by atoms with E-state index in [1.165, 1.54) is 12.5 Å². The Morgan fingerprint density at radius 1 is 1.33 bits per heavy atom. The van der Waals surface area contributed by atoms with E-state index in [-0.39, 0.29) is 5.97 Å². The van der Waals surface area contributed by atoms with Crippen LogP contribution >= 0.6 is 0 Å². The zero-order chi connectivity index (χ0) is 13.2. The summed E-state index contributed by atoms with van der Waals surface area (Å²) in [6, 6.07) is 10.1. The van der Waals surface area contributed by atoms with E-state index in [4.69, 9.17) is 9.47 Å². The maximum atomic E-state index is 10.5. The highest BCUT2D eigenvalue weighted by Gasteiger charge is 1.98. The molecule has 0 heterocycles. The summed E-state index contributed by atoms with van der Waals surface area (Å²) >= 11 is 0. The van der Waals surface area contributed by atoms with Crippen LogP contribution in [-0.4, -0.2) is 19.2 Å². The molecule has 0 aromatic heterocycles. The van der Waals surface area contributed by atoms with Gasteiger partial charge in [0.1, 0.15) is 6.61 Å². The molecule has 3 heteroatoms. The Balaban J connectivity index is 2.13. The van der Waals surface area contributed by atoms with Crippen molar-refractivity contribution in [3.63, 3.8) is 0 Å². The van der Waals surface area contributed by atoms with Gasteiger partial charge in [-0.1, -0.05) is 49.4 Å². The van der Waals surface area contributed by atoms with E-state index < -0.39 is 0 Å². The van der Waals surface area contributed by atoms with Crippen LogP contribution in [0.15, 0.2) is 42.5 Å². The van der Waals surface area contributed by atoms with Crippen molar-refractivity contribution in [3.05, 3.63) is 48.0 Å². The highest BCUT2D eigenvalue weighted by atomic mass is 16.5. The van der Waals surface area contributed by atoms with Crippen LogP contribution in [0.3, 0.4) is 0 Å². The second-order valence-electron chi connectivity index (χ2n) is 4.21. The van der Waals surface area contributed by atoms with E-state index in [2.05, 4.69) is 6.92 Å². The first kappa shape index (κ1) is 14.5. The maximum Gasteiger partial charge on any atom is 0.302 e. The minimum Gasteiger partial charge on any atom is -0.462 e. The molecule has 0 N–H and O–H groups in total. The summed E-state index contributed by atoms with van der Waals surface area (Å²) in [6.07, 6.45) is 3.84. The average molecular weight is 248 g/mol. The highest BCUT2D eigenvalue weighted by molar-refractivity contribution is 5.65. The molecule has 0 amide bonds. The lowest BCUT2D eigenvalue weighted by molar-refractivity contribution is -0.139. The summed E-state index contributed by atoms with van der Waals surface area (Å²) in [6.45, 7) is 5.09. The minimum atomic E-state index is -0.257. The van der Waals surface area contributed by atoms with Crippen molar-refractivity contribution in [1.82, 2.24) is 0 Å². The Bertz CT molecular complexity index is 371. The van der Waals surface area contributed by atoms with Gasteiger partial charge in [0.15, 0.2) is 0 Å². The third-order valence-corrected chi connectivity index (χ3v) is 2.34. The fourth-order valence-electron chi connectivity index (χ4n) is 1.45. The van der Waals surface area contributed by atoms with Gasteiger partial charge in [0.05, 0.1) is 13.2 Å². The summed E-state index contributed by atoms with van der Waals surface area (Å²) in [5.41, 5.74) is 1.17. The quantitative estimate of drug-likeness (QED) is 0.549. The number of hydrogen-bond acceptors (Lipinski definition) is 3. The van der Waals surface area contributed by atoms with Crippen LogP contribution in [0.1, 0.15) is 19.4 Å². The van der Waals surface area contributed by atoms with Gasteiger partial charge in [-0.3, -0.25) is 4.79 Å². The third-order valence-electron chi connectivity index (χ3n) is 2.34. The van der Waals surface area contributed by atoms with Crippen molar-refractivity contribution in [1.29, 1.82) is 0 Å². The Morgan fingerprint density at radius 3 is 2.72 bits per heavy atom. The predicted octanol–water partition coefficient (Wildman–Crippen LogP) is 2.96. The number of carbonyl (C=O) groups is 1. The lowest BCUT2D eigenvalue weighted by atomic mass is 10.2. The first-order chi connectivity index (χ1) is 8.68. The van der Waals surface area contributed by atoms with Crippen molar-refractivity contribution in [2.24, 2.45) is 5.92 Å². The molecular formula is C15H20O3. The highest BCUT2D eigenvalue weighted by Crippen LogP contribution is 2.04. The smallest absolute Gasteiger partial charge is 0.302 e. The molecule has 0 saturated heterocycles. The minimum absolute atomic E-state index is 0.257. The molecular weight excluding hydrogens is 228 g/mol. The zero-order valence-corrected chi connectivity index (χ0v) is 11.0. The monoisotopic (exact) mass is 248 g/mol. The van der Waals surface area contributed by atoms with E-state index >= 15 is 0 Å². The fraction of sp³-hybridized carbons (Fsp3) is 0.400. The van der Waals surface area contributed by atoms with Crippen LogP contribution in [-0.2, 0) is 20.9 Å². The van der Waals surface area contributed by atoms with Crippen LogP contribution < -0.4 is 0 Å². The van der Waals surface area contributed by atoms with Gasteiger partial charge in [0.25, 0.3) is 0 Å². The lowest BCUT2D eigenvalue weighted by Crippen LogP contribution is -2.04. The summed E-state index contributed by atoms with van der Waals surface area (Å²) in [5, 5.41) is 0. The molecule has 1 aromatic rings. The normalized spacial score (nSPS) is 12.6. The van der Waals surface area contributed by atoms with Crippen molar-refractivity contribution in [2.75, 3.05) is 13.2 Å². The molecule has 0 aliphatic heterocycles. The molecule has 18 heavy (non-hydrogen) atoms. The predicted molar refractivity (Wildman–Crippen MR) is 71.0 cm³/mol. The molecule has 98 valence electrons. The Hall–Kier alpha value is -1.61. The van der Waals surface area contributed by atoms with Crippen LogP contribution in [0, 0.1) is 5.92 Å². The topological polar surface area (TPSA) is 35.5 Å². The molecule has 0 unspecified atom stereocenters. The average Bonchev–Trinajstić information content (AvgIpc) is 2.36. The van der Waals surface area contributed by atoms with Gasteiger partial charge < -0.3 is 9.47 Å². The summed E-state index contributed by atoms with van der Waals surface area (Å²) in [5.74, 6) is 0.0527. The van der Waals surface area contributed by atoms with E-state index in [0.717, 1.165) is 0 Å². The van der Waals surface area contributed by atoms with Gasteiger partial charge in [-0.2, -0.15) is 0 Å². The third kappa shape index (κ3) is 6.86. The van der Waals surface area contributed by atoms with Crippen LogP contribution in [0.2, 0.25) is 0 Å². The Morgan fingerprint density at radius 2 is 2.06 bits per heavy atom. The molecule has 0 aliphatic carbocycles. The lowest BCUT2D eigenvalue weighted by Gasteiger charge is -2.08. The van der Waals surface area contributed by atoms with Gasteiger partial charge in [0.2, 0.25) is 0 Å². The van der Waals surface area contributed by atoms with Crippen LogP contribution in [0.4, 0.5) is 0 Å². The Labute approximate surface area is 108 Å². The van der Waals surface area contributed by atoms with E-state index in [9.17, 15) is 4.79 Å². The van der Waals surface area contributed by atoms with Crippen LogP contribution in [0.5, 0.6) is 0 Å². The van der Waals surface area contributed by atoms with Crippen LogP contribution in [0.25, 0.3) is 0 Å². The van der Waals surface area contributed by atoms with E-state index in [0.29, 0.717) is 25.7 Å². The van der Waals surface area contributed by atoms with Gasteiger partial charge in [-0.25, -0.2) is 0 Å². The number of rotatable bonds is 7. The number of ether oxygens (including phenoxy) is 2. The number of benzene rings is 1. The molecule has 0 saturated carbocycles. The second kappa shape index (κ2) is 8.48. The van der Waals surface area contributed by atoms with Crippen molar-refractivity contribution in [3.8, 4) is 0 Å². The second-order valence-corrected chi connectivity index (χ2v) is 4.21. The molecule has 1 atom stereocenters. The number of hydrogen-bond donors (Lipinski definition) is 0. The molecule has 3 nitrogen and oxygen atoms in total. The largest absolute Gasteiger partial charge is 0.462 e. The van der Waals surface area contributed by atoms with Gasteiger partial charge >= 0.3 is 5.97 Å². The molecule has 0 spiro atoms. The first-order valence-corrected chi connectivity index (χ1v) is 6.10. The molecule has 0 radical (unpaired) electrons. The number of carbonyl (C=O) groups excluding carboxylic acids is 1.